The van der Waals surface area contributed by atoms with Crippen molar-refractivity contribution >= 4 is 15.7 Å². The quantitative estimate of drug-likeness (QED) is 0.658. The van der Waals surface area contributed by atoms with Crippen LogP contribution in [0.2, 0.25) is 0 Å². The molecule has 0 aliphatic carbocycles. The van der Waals surface area contributed by atoms with Crippen LogP contribution in [-0.4, -0.2) is 81.9 Å². The van der Waals surface area contributed by atoms with Gasteiger partial charge in [0.25, 0.3) is 0 Å². The first kappa shape index (κ1) is 17.4. The molecule has 1 fully saturated rings. The molecule has 0 spiro atoms. The summed E-state index contributed by atoms with van der Waals surface area (Å²) in [4.78, 5) is 15.8. The Morgan fingerprint density at radius 1 is 1.30 bits per heavy atom. The molecule has 1 heterocycles. The maximum absolute atomic E-state index is 11.7. The molecule has 0 radical (unpaired) electrons. The first-order chi connectivity index (χ1) is 9.34. The van der Waals surface area contributed by atoms with E-state index in [0.29, 0.717) is 25.9 Å². The number of sulfone groups is 1. The lowest BCUT2D eigenvalue weighted by atomic mass is 10.2. The predicted octanol–water partition coefficient (Wildman–Crippen LogP) is -0.437. The van der Waals surface area contributed by atoms with E-state index in [1.807, 2.05) is 25.9 Å². The third-order valence-corrected chi connectivity index (χ3v) is 5.39. The number of hydrogen-bond donors (Lipinski definition) is 1. The lowest BCUT2D eigenvalue weighted by Gasteiger charge is -2.26. The molecular weight excluding hydrogens is 278 g/mol. The fourth-order valence-corrected chi connectivity index (χ4v) is 4.18. The first-order valence-corrected chi connectivity index (χ1v) is 9.02. The maximum atomic E-state index is 11.7. The van der Waals surface area contributed by atoms with Crippen LogP contribution in [0.3, 0.4) is 0 Å². The van der Waals surface area contributed by atoms with Gasteiger partial charge in [0.1, 0.15) is 0 Å². The maximum Gasteiger partial charge on any atom is 0.221 e. The van der Waals surface area contributed by atoms with E-state index in [-0.39, 0.29) is 23.5 Å². The Hall–Kier alpha value is -0.660. The number of amides is 1. The lowest BCUT2D eigenvalue weighted by molar-refractivity contribution is -0.121. The lowest BCUT2D eigenvalue weighted by Crippen LogP contribution is -2.39. The van der Waals surface area contributed by atoms with Crippen LogP contribution in [0.5, 0.6) is 0 Å². The summed E-state index contributed by atoms with van der Waals surface area (Å²) in [6.07, 6.45) is 1.12. The molecule has 6 nitrogen and oxygen atoms in total. The van der Waals surface area contributed by atoms with Gasteiger partial charge in [0.2, 0.25) is 5.91 Å². The van der Waals surface area contributed by atoms with E-state index in [1.54, 1.807) is 0 Å². The molecule has 1 unspecified atom stereocenters. The zero-order chi connectivity index (χ0) is 15.2. The van der Waals surface area contributed by atoms with E-state index in [9.17, 15) is 13.2 Å². The number of nitrogens with one attached hydrogen (secondary N) is 1. The van der Waals surface area contributed by atoms with E-state index in [0.717, 1.165) is 13.1 Å². The molecule has 0 bridgehead atoms. The van der Waals surface area contributed by atoms with Crippen molar-refractivity contribution in [2.24, 2.45) is 0 Å². The Labute approximate surface area is 122 Å². The highest BCUT2D eigenvalue weighted by molar-refractivity contribution is 7.91. The summed E-state index contributed by atoms with van der Waals surface area (Å²) in [5.41, 5.74) is 0. The molecular formula is C13H27N3O3S. The summed E-state index contributed by atoms with van der Waals surface area (Å²) >= 11 is 0. The summed E-state index contributed by atoms with van der Waals surface area (Å²) in [5.74, 6) is 0.554. The fraction of sp³-hybridized carbons (Fsp3) is 0.923. The van der Waals surface area contributed by atoms with Crippen molar-refractivity contribution in [3.05, 3.63) is 0 Å². The van der Waals surface area contributed by atoms with E-state index in [1.165, 1.54) is 0 Å². The number of likely N-dealkylation sites (N-methyl/N-ethyl adjacent to an activating group) is 1. The van der Waals surface area contributed by atoms with Gasteiger partial charge in [0, 0.05) is 32.1 Å². The van der Waals surface area contributed by atoms with Gasteiger partial charge in [-0.05, 0) is 27.1 Å². The van der Waals surface area contributed by atoms with Gasteiger partial charge < -0.3 is 10.2 Å². The third kappa shape index (κ3) is 6.19. The smallest absolute Gasteiger partial charge is 0.221 e. The van der Waals surface area contributed by atoms with E-state index in [2.05, 4.69) is 10.2 Å². The van der Waals surface area contributed by atoms with Crippen molar-refractivity contribution in [1.29, 1.82) is 0 Å². The Morgan fingerprint density at radius 3 is 2.50 bits per heavy atom. The van der Waals surface area contributed by atoms with Gasteiger partial charge in [-0.2, -0.15) is 0 Å². The SMILES string of the molecule is CCN(CCC(=O)NCCN(C)C)C1CCS(=O)(=O)C1. The Kier molecular flexibility index (Phi) is 6.91. The van der Waals surface area contributed by atoms with E-state index < -0.39 is 9.84 Å². The predicted molar refractivity (Wildman–Crippen MR) is 80.5 cm³/mol. The van der Waals surface area contributed by atoms with Crippen molar-refractivity contribution in [1.82, 2.24) is 15.1 Å². The van der Waals surface area contributed by atoms with Crippen LogP contribution in [0.1, 0.15) is 19.8 Å². The van der Waals surface area contributed by atoms with E-state index >= 15 is 0 Å². The average Bonchev–Trinajstić information content (AvgIpc) is 2.70. The largest absolute Gasteiger partial charge is 0.355 e. The van der Waals surface area contributed by atoms with Crippen molar-refractivity contribution in [2.45, 2.75) is 25.8 Å². The first-order valence-electron chi connectivity index (χ1n) is 7.20. The van der Waals surface area contributed by atoms with Gasteiger partial charge in [-0.25, -0.2) is 8.42 Å². The summed E-state index contributed by atoms with van der Waals surface area (Å²) in [5, 5.41) is 2.87. The van der Waals surface area contributed by atoms with Crippen molar-refractivity contribution < 1.29 is 13.2 Å². The Balaban J connectivity index is 2.29. The van der Waals surface area contributed by atoms with Gasteiger partial charge in [0.15, 0.2) is 9.84 Å². The topological polar surface area (TPSA) is 69.7 Å². The summed E-state index contributed by atoms with van der Waals surface area (Å²) in [6, 6.07) is 0.0829. The third-order valence-electron chi connectivity index (χ3n) is 3.64. The van der Waals surface area contributed by atoms with Crippen LogP contribution >= 0.6 is 0 Å². The minimum absolute atomic E-state index is 0.0335. The van der Waals surface area contributed by atoms with Crippen LogP contribution in [-0.2, 0) is 14.6 Å². The average molecular weight is 305 g/mol. The standard InChI is InChI=1S/C13H27N3O3S/c1-4-16(12-6-10-20(18,19)11-12)8-5-13(17)14-7-9-15(2)3/h12H,4-11H2,1-3H3,(H,14,17). The zero-order valence-corrected chi connectivity index (χ0v) is 13.6. The number of carbonyl (C=O) groups is 1. The monoisotopic (exact) mass is 305 g/mol. The molecule has 1 saturated heterocycles. The molecule has 0 aromatic heterocycles. The number of rotatable bonds is 8. The number of hydrogen-bond acceptors (Lipinski definition) is 5. The molecule has 1 aliphatic rings. The highest BCUT2D eigenvalue weighted by Gasteiger charge is 2.31. The van der Waals surface area contributed by atoms with Crippen molar-refractivity contribution in [3.8, 4) is 0 Å². The molecule has 1 N–H and O–H groups in total. The molecule has 0 aromatic carbocycles. The van der Waals surface area contributed by atoms with Crippen LogP contribution in [0.15, 0.2) is 0 Å². The zero-order valence-electron chi connectivity index (χ0n) is 12.8. The van der Waals surface area contributed by atoms with Crippen molar-refractivity contribution in [2.75, 3.05) is 51.8 Å². The fourth-order valence-electron chi connectivity index (χ4n) is 2.41. The molecule has 1 rings (SSSR count). The van der Waals surface area contributed by atoms with E-state index in [4.69, 9.17) is 0 Å². The van der Waals surface area contributed by atoms with Crippen molar-refractivity contribution in [3.63, 3.8) is 0 Å². The highest BCUT2D eigenvalue weighted by Crippen LogP contribution is 2.17. The Morgan fingerprint density at radius 2 is 2.00 bits per heavy atom. The van der Waals surface area contributed by atoms with Gasteiger partial charge in [-0.15, -0.1) is 0 Å². The molecule has 0 aromatic rings. The van der Waals surface area contributed by atoms with Gasteiger partial charge in [0.05, 0.1) is 11.5 Å². The van der Waals surface area contributed by atoms with Gasteiger partial charge in [-0.1, -0.05) is 6.92 Å². The molecule has 7 heteroatoms. The molecule has 0 saturated carbocycles. The number of nitrogens with zero attached hydrogens (tertiary/aromatic N) is 2. The van der Waals surface area contributed by atoms with Gasteiger partial charge in [-0.3, -0.25) is 9.69 Å². The molecule has 20 heavy (non-hydrogen) atoms. The Bertz CT molecular complexity index is 409. The summed E-state index contributed by atoms with van der Waals surface area (Å²) < 4.78 is 23.0. The van der Waals surface area contributed by atoms with Gasteiger partial charge >= 0.3 is 0 Å². The molecule has 1 atom stereocenters. The highest BCUT2D eigenvalue weighted by atomic mass is 32.2. The minimum Gasteiger partial charge on any atom is -0.355 e. The molecule has 1 amide bonds. The van der Waals surface area contributed by atoms with Crippen LogP contribution in [0.4, 0.5) is 0 Å². The second-order valence-electron chi connectivity index (χ2n) is 5.59. The minimum atomic E-state index is -2.86. The second kappa shape index (κ2) is 7.95. The molecule has 1 aliphatic heterocycles. The second-order valence-corrected chi connectivity index (χ2v) is 7.82. The number of carbonyl (C=O) groups excluding carboxylic acids is 1. The van der Waals surface area contributed by atoms with Crippen LogP contribution in [0, 0.1) is 0 Å². The van der Waals surface area contributed by atoms with Crippen LogP contribution < -0.4 is 5.32 Å². The molecule has 118 valence electrons. The van der Waals surface area contributed by atoms with Crippen LogP contribution in [0.25, 0.3) is 0 Å². The normalized spacial score (nSPS) is 21.6. The summed E-state index contributed by atoms with van der Waals surface area (Å²) in [6.45, 7) is 4.89. The summed E-state index contributed by atoms with van der Waals surface area (Å²) in [7, 11) is 1.07.